The van der Waals surface area contributed by atoms with Crippen LogP contribution in [0.25, 0.3) is 17.4 Å². The number of aliphatic imine (C=N–C) groups is 1. The number of benzene rings is 2. The summed E-state index contributed by atoms with van der Waals surface area (Å²) >= 11 is 13.5. The van der Waals surface area contributed by atoms with E-state index in [1.165, 1.54) is 11.8 Å². The van der Waals surface area contributed by atoms with Crippen LogP contribution in [0, 0.1) is 0 Å². The highest BCUT2D eigenvalue weighted by molar-refractivity contribution is 8.18. The minimum absolute atomic E-state index is 0.214. The number of halogens is 2. The number of carbonyl (C=O) groups excluding carboxylic acids is 1. The number of rotatable bonds is 3. The lowest BCUT2D eigenvalue weighted by Crippen LogP contribution is -2.19. The van der Waals surface area contributed by atoms with Crippen molar-refractivity contribution in [3.05, 3.63) is 81.4 Å². The van der Waals surface area contributed by atoms with E-state index >= 15 is 0 Å². The molecule has 0 spiro atoms. The van der Waals surface area contributed by atoms with Gasteiger partial charge < -0.3 is 9.73 Å². The number of nitrogens with zero attached hydrogens (tertiary/aromatic N) is 1. The van der Waals surface area contributed by atoms with Crippen LogP contribution in [-0.4, -0.2) is 11.1 Å². The minimum atomic E-state index is -0.214. The van der Waals surface area contributed by atoms with E-state index in [2.05, 4.69) is 10.3 Å². The molecular formula is C20H12Cl2N2O2S. The number of thioether (sulfide) groups is 1. The fourth-order valence-electron chi connectivity index (χ4n) is 2.49. The van der Waals surface area contributed by atoms with Gasteiger partial charge in [-0.3, -0.25) is 4.79 Å². The summed E-state index contributed by atoms with van der Waals surface area (Å²) in [6, 6.07) is 18.2. The maximum absolute atomic E-state index is 12.2. The van der Waals surface area contributed by atoms with Gasteiger partial charge in [0.2, 0.25) is 0 Å². The van der Waals surface area contributed by atoms with Gasteiger partial charge in [-0.1, -0.05) is 41.4 Å². The van der Waals surface area contributed by atoms with Crippen molar-refractivity contribution in [3.63, 3.8) is 0 Å². The first-order valence-corrected chi connectivity index (χ1v) is 9.55. The molecule has 3 aromatic rings. The Balaban J connectivity index is 1.58. The van der Waals surface area contributed by atoms with Crippen LogP contribution in [0.1, 0.15) is 5.76 Å². The van der Waals surface area contributed by atoms with Gasteiger partial charge in [0.1, 0.15) is 11.5 Å². The Morgan fingerprint density at radius 2 is 1.85 bits per heavy atom. The zero-order valence-electron chi connectivity index (χ0n) is 13.8. The summed E-state index contributed by atoms with van der Waals surface area (Å²) in [5, 5.41) is 4.39. The highest BCUT2D eigenvalue weighted by Gasteiger charge is 2.24. The molecule has 4 rings (SSSR count). The Kier molecular flexibility index (Phi) is 5.07. The molecule has 2 aromatic carbocycles. The summed E-state index contributed by atoms with van der Waals surface area (Å²) < 4.78 is 5.82. The zero-order chi connectivity index (χ0) is 18.8. The molecule has 7 heteroatoms. The first-order valence-electron chi connectivity index (χ1n) is 7.98. The molecule has 0 unspecified atom stereocenters. The summed E-state index contributed by atoms with van der Waals surface area (Å²) in [7, 11) is 0. The second-order valence-electron chi connectivity index (χ2n) is 5.64. The van der Waals surface area contributed by atoms with Crippen LogP contribution >= 0.6 is 35.0 Å². The Morgan fingerprint density at radius 3 is 2.67 bits per heavy atom. The van der Waals surface area contributed by atoms with Crippen molar-refractivity contribution in [1.29, 1.82) is 0 Å². The van der Waals surface area contributed by atoms with Gasteiger partial charge in [0.15, 0.2) is 5.17 Å². The van der Waals surface area contributed by atoms with Gasteiger partial charge in [-0.05, 0) is 54.2 Å². The molecule has 27 heavy (non-hydrogen) atoms. The maximum atomic E-state index is 12.2. The molecule has 0 bridgehead atoms. The Labute approximate surface area is 169 Å². The van der Waals surface area contributed by atoms with Crippen molar-refractivity contribution >= 4 is 57.8 Å². The molecule has 0 radical (unpaired) electrons. The van der Waals surface area contributed by atoms with E-state index in [0.717, 1.165) is 5.69 Å². The van der Waals surface area contributed by atoms with Crippen LogP contribution < -0.4 is 5.32 Å². The smallest absolute Gasteiger partial charge is 0.264 e. The molecule has 4 nitrogen and oxygen atoms in total. The van der Waals surface area contributed by atoms with Gasteiger partial charge in [-0.2, -0.15) is 0 Å². The third kappa shape index (κ3) is 4.11. The molecule has 1 N–H and O–H groups in total. The fraction of sp³-hybridized carbons (Fsp3) is 0. The lowest BCUT2D eigenvalue weighted by atomic mass is 10.2. The van der Waals surface area contributed by atoms with Gasteiger partial charge in [-0.25, -0.2) is 4.99 Å². The summed E-state index contributed by atoms with van der Waals surface area (Å²) in [5.74, 6) is 0.906. The summed E-state index contributed by atoms with van der Waals surface area (Å²) in [5.41, 5.74) is 1.47. The van der Waals surface area contributed by atoms with Crippen molar-refractivity contribution < 1.29 is 9.21 Å². The van der Waals surface area contributed by atoms with Gasteiger partial charge in [-0.15, -0.1) is 0 Å². The Morgan fingerprint density at radius 1 is 1.04 bits per heavy atom. The van der Waals surface area contributed by atoms with Gasteiger partial charge in [0, 0.05) is 16.7 Å². The molecule has 0 atom stereocenters. The first-order chi connectivity index (χ1) is 13.1. The molecule has 1 aromatic heterocycles. The zero-order valence-corrected chi connectivity index (χ0v) is 16.1. The van der Waals surface area contributed by atoms with E-state index in [0.29, 0.717) is 37.2 Å². The second-order valence-corrected chi connectivity index (χ2v) is 7.52. The molecule has 1 saturated heterocycles. The molecular weight excluding hydrogens is 403 g/mol. The normalized spacial score (nSPS) is 16.9. The Bertz CT molecular complexity index is 1070. The van der Waals surface area contributed by atoms with E-state index in [-0.39, 0.29) is 5.91 Å². The topological polar surface area (TPSA) is 54.6 Å². The SMILES string of the molecule is O=C1NC(=Nc2ccccc2)SC1=Cc1ccc(-c2cc(Cl)ccc2Cl)o1. The maximum Gasteiger partial charge on any atom is 0.264 e. The van der Waals surface area contributed by atoms with Crippen molar-refractivity contribution in [1.82, 2.24) is 5.32 Å². The average Bonchev–Trinajstić information content (AvgIpc) is 3.25. The van der Waals surface area contributed by atoms with Gasteiger partial charge >= 0.3 is 0 Å². The standard InChI is InChI=1S/C20H12Cl2N2O2S/c21-12-6-8-16(22)15(10-12)17-9-7-14(26-17)11-18-19(25)24-20(27-18)23-13-4-2-1-3-5-13/h1-11H,(H,23,24,25). The van der Waals surface area contributed by atoms with Crippen LogP contribution in [0.2, 0.25) is 10.0 Å². The fourth-order valence-corrected chi connectivity index (χ4v) is 3.70. The van der Waals surface area contributed by atoms with Gasteiger partial charge in [0.05, 0.1) is 15.6 Å². The predicted octanol–water partition coefficient (Wildman–Crippen LogP) is 6.15. The quantitative estimate of drug-likeness (QED) is 0.523. The van der Waals surface area contributed by atoms with E-state index in [1.807, 2.05) is 30.3 Å². The summed E-state index contributed by atoms with van der Waals surface area (Å²) in [4.78, 5) is 17.1. The number of furan rings is 1. The number of nitrogens with one attached hydrogen (secondary N) is 1. The third-order valence-electron chi connectivity index (χ3n) is 3.73. The number of amidine groups is 1. The molecule has 1 amide bonds. The van der Waals surface area contributed by atoms with Crippen LogP contribution in [0.15, 0.2) is 75.0 Å². The van der Waals surface area contributed by atoms with E-state index in [9.17, 15) is 4.79 Å². The monoisotopic (exact) mass is 414 g/mol. The van der Waals surface area contributed by atoms with Crippen molar-refractivity contribution in [2.75, 3.05) is 0 Å². The Hall–Kier alpha value is -2.47. The summed E-state index contributed by atoms with van der Waals surface area (Å²) in [6.07, 6.45) is 1.68. The van der Waals surface area contributed by atoms with Crippen molar-refractivity contribution in [2.24, 2.45) is 4.99 Å². The van der Waals surface area contributed by atoms with Crippen LogP contribution in [0.3, 0.4) is 0 Å². The molecule has 1 aliphatic heterocycles. The summed E-state index contributed by atoms with van der Waals surface area (Å²) in [6.45, 7) is 0. The molecule has 1 fully saturated rings. The number of carbonyl (C=O) groups is 1. The van der Waals surface area contributed by atoms with E-state index < -0.39 is 0 Å². The van der Waals surface area contributed by atoms with E-state index in [4.69, 9.17) is 27.6 Å². The largest absolute Gasteiger partial charge is 0.457 e. The van der Waals surface area contributed by atoms with Crippen molar-refractivity contribution in [2.45, 2.75) is 0 Å². The lowest BCUT2D eigenvalue weighted by Gasteiger charge is -2.01. The van der Waals surface area contributed by atoms with E-state index in [1.54, 1.807) is 36.4 Å². The highest BCUT2D eigenvalue weighted by atomic mass is 35.5. The third-order valence-corrected chi connectivity index (χ3v) is 5.21. The molecule has 134 valence electrons. The number of hydrogen-bond donors (Lipinski definition) is 1. The second kappa shape index (κ2) is 7.64. The molecule has 0 saturated carbocycles. The lowest BCUT2D eigenvalue weighted by molar-refractivity contribution is -0.115. The molecule has 1 aliphatic rings. The van der Waals surface area contributed by atoms with Gasteiger partial charge in [0.25, 0.3) is 5.91 Å². The van der Waals surface area contributed by atoms with Crippen LogP contribution in [0.5, 0.6) is 0 Å². The van der Waals surface area contributed by atoms with Crippen molar-refractivity contribution in [3.8, 4) is 11.3 Å². The number of amides is 1. The number of hydrogen-bond acceptors (Lipinski definition) is 4. The molecule has 0 aliphatic carbocycles. The van der Waals surface area contributed by atoms with Crippen LogP contribution in [0.4, 0.5) is 5.69 Å². The highest BCUT2D eigenvalue weighted by Crippen LogP contribution is 2.33. The first kappa shape index (κ1) is 17.9. The minimum Gasteiger partial charge on any atom is -0.457 e. The number of para-hydroxylation sites is 1. The predicted molar refractivity (Wildman–Crippen MR) is 111 cm³/mol. The van der Waals surface area contributed by atoms with Crippen LogP contribution in [-0.2, 0) is 4.79 Å². The average molecular weight is 415 g/mol. The molecule has 2 heterocycles.